The summed E-state index contributed by atoms with van der Waals surface area (Å²) in [5.41, 5.74) is 4.63. The summed E-state index contributed by atoms with van der Waals surface area (Å²) in [6.45, 7) is 6.53. The van der Waals surface area contributed by atoms with Crippen LogP contribution in [0, 0.1) is 5.82 Å². The van der Waals surface area contributed by atoms with E-state index in [0.717, 1.165) is 27.8 Å². The molecule has 2 atom stereocenters. The fourth-order valence-electron chi connectivity index (χ4n) is 3.87. The second-order valence-corrected chi connectivity index (χ2v) is 9.66. The summed E-state index contributed by atoms with van der Waals surface area (Å²) in [5.74, 6) is 0.0163. The lowest BCUT2D eigenvalue weighted by atomic mass is 9.89. The Labute approximate surface area is 215 Å². The minimum absolute atomic E-state index is 0.0000432. The third-order valence-corrected chi connectivity index (χ3v) is 6.39. The van der Waals surface area contributed by atoms with Gasteiger partial charge in [0.05, 0.1) is 25.2 Å². The van der Waals surface area contributed by atoms with Crippen LogP contribution in [0.25, 0.3) is 17.2 Å². The minimum Gasteiger partial charge on any atom is -0.489 e. The number of aliphatic hydroxyl groups is 2. The smallest absolute Gasteiger partial charge is 0.308 e. The second kappa shape index (κ2) is 13.3. The highest BCUT2D eigenvalue weighted by molar-refractivity contribution is 7.07. The molecule has 3 rings (SSSR count). The molecule has 2 N–H and O–H groups in total. The highest BCUT2D eigenvalue weighted by Crippen LogP contribution is 2.36. The summed E-state index contributed by atoms with van der Waals surface area (Å²) >= 11 is 1.61. The first kappa shape index (κ1) is 27.6. The second-order valence-electron chi connectivity index (χ2n) is 8.88. The fraction of sp³-hybridized carbons (Fsp3) is 0.345. The molecule has 0 aliphatic rings. The first-order valence-corrected chi connectivity index (χ1v) is 13.0. The highest BCUT2D eigenvalue weighted by Gasteiger charge is 2.17. The molecule has 0 aliphatic heterocycles. The van der Waals surface area contributed by atoms with Gasteiger partial charge in [-0.1, -0.05) is 38.1 Å². The van der Waals surface area contributed by atoms with E-state index in [-0.39, 0.29) is 31.2 Å². The number of carbonyl (C=O) groups is 1. The van der Waals surface area contributed by atoms with Crippen LogP contribution >= 0.6 is 11.3 Å². The van der Waals surface area contributed by atoms with Crippen LogP contribution < -0.4 is 4.74 Å². The number of hydrogen-bond donors (Lipinski definition) is 2. The molecule has 7 heteroatoms. The van der Waals surface area contributed by atoms with Crippen molar-refractivity contribution in [2.75, 3.05) is 6.61 Å². The molecule has 0 bridgehead atoms. The zero-order valence-electron chi connectivity index (χ0n) is 20.8. The van der Waals surface area contributed by atoms with Gasteiger partial charge in [0.2, 0.25) is 0 Å². The Bertz CT molecular complexity index is 1140. The van der Waals surface area contributed by atoms with Crippen molar-refractivity contribution in [2.45, 2.75) is 58.3 Å². The van der Waals surface area contributed by atoms with Gasteiger partial charge in [0.25, 0.3) is 0 Å². The Morgan fingerprint density at radius 3 is 2.53 bits per heavy atom. The zero-order chi connectivity index (χ0) is 26.1. The summed E-state index contributed by atoms with van der Waals surface area (Å²) in [4.78, 5) is 11.6. The van der Waals surface area contributed by atoms with Crippen LogP contribution in [0.3, 0.4) is 0 Å². The third-order valence-electron chi connectivity index (χ3n) is 5.65. The Balaban J connectivity index is 1.91. The molecule has 2 aromatic carbocycles. The van der Waals surface area contributed by atoms with E-state index in [0.29, 0.717) is 12.4 Å². The average Bonchev–Trinajstić information content (AvgIpc) is 3.35. The first-order valence-electron chi connectivity index (χ1n) is 12.0. The van der Waals surface area contributed by atoms with Crippen molar-refractivity contribution < 1.29 is 28.9 Å². The van der Waals surface area contributed by atoms with Gasteiger partial charge in [-0.3, -0.25) is 4.79 Å². The van der Waals surface area contributed by atoms with Gasteiger partial charge in [-0.25, -0.2) is 4.39 Å². The molecule has 3 aromatic rings. The van der Waals surface area contributed by atoms with Crippen LogP contribution in [0.1, 0.15) is 56.2 Å². The predicted octanol–water partition coefficient (Wildman–Crippen LogP) is 6.33. The highest BCUT2D eigenvalue weighted by atomic mass is 32.1. The van der Waals surface area contributed by atoms with Gasteiger partial charge in [-0.2, -0.15) is 11.3 Å². The molecular weight excluding hydrogens is 479 g/mol. The molecule has 0 radical (unpaired) electrons. The standard InChI is InChI=1S/C29H33FO5S/c1-4-34-29(33)14-24(32)13-23(31)9-10-26-27(19(2)3)15-25(35-17-20-11-12-36-18-20)16-28(26)21-5-7-22(30)8-6-21/h5-12,15-16,18-19,23-24,31-32H,4,13-14,17H2,1-3H3/b10-9+. The lowest BCUT2D eigenvalue weighted by Crippen LogP contribution is -2.20. The molecule has 2 unspecified atom stereocenters. The van der Waals surface area contributed by atoms with Crippen molar-refractivity contribution in [2.24, 2.45) is 0 Å². The van der Waals surface area contributed by atoms with Crippen LogP contribution in [-0.2, 0) is 16.1 Å². The number of aliphatic hydroxyl groups excluding tert-OH is 2. The Hall–Kier alpha value is -3.00. The summed E-state index contributed by atoms with van der Waals surface area (Å²) in [6, 6.07) is 12.2. The van der Waals surface area contributed by atoms with Gasteiger partial charge < -0.3 is 19.7 Å². The van der Waals surface area contributed by atoms with Gasteiger partial charge in [-0.05, 0) is 81.8 Å². The number of hydrogen-bond acceptors (Lipinski definition) is 6. The van der Waals surface area contributed by atoms with Crippen molar-refractivity contribution in [1.29, 1.82) is 0 Å². The summed E-state index contributed by atoms with van der Waals surface area (Å²) < 4.78 is 24.6. The minimum atomic E-state index is -1.02. The van der Waals surface area contributed by atoms with E-state index in [9.17, 15) is 19.4 Å². The van der Waals surface area contributed by atoms with Crippen molar-refractivity contribution in [1.82, 2.24) is 0 Å². The van der Waals surface area contributed by atoms with E-state index in [2.05, 4.69) is 13.8 Å². The molecule has 0 saturated carbocycles. The number of benzene rings is 2. The largest absolute Gasteiger partial charge is 0.489 e. The molecule has 1 aromatic heterocycles. The van der Waals surface area contributed by atoms with Gasteiger partial charge in [0, 0.05) is 6.42 Å². The molecule has 0 aliphatic carbocycles. The monoisotopic (exact) mass is 512 g/mol. The summed E-state index contributed by atoms with van der Waals surface area (Å²) in [6.07, 6.45) is 1.27. The third kappa shape index (κ3) is 8.01. The zero-order valence-corrected chi connectivity index (χ0v) is 21.6. The maximum absolute atomic E-state index is 13.7. The molecular formula is C29H33FO5S. The number of carbonyl (C=O) groups excluding carboxylic acids is 1. The van der Waals surface area contributed by atoms with Crippen molar-refractivity contribution in [3.8, 4) is 16.9 Å². The van der Waals surface area contributed by atoms with Gasteiger partial charge in [-0.15, -0.1) is 0 Å². The van der Waals surface area contributed by atoms with E-state index in [4.69, 9.17) is 9.47 Å². The number of esters is 1. The van der Waals surface area contributed by atoms with Crippen LogP contribution in [0.4, 0.5) is 4.39 Å². The molecule has 0 fully saturated rings. The molecule has 0 spiro atoms. The van der Waals surface area contributed by atoms with Crippen LogP contribution in [-0.4, -0.2) is 35.0 Å². The van der Waals surface area contributed by atoms with Gasteiger partial charge in [0.15, 0.2) is 0 Å². The molecule has 0 amide bonds. The Kier molecular flexibility index (Phi) is 10.2. The first-order chi connectivity index (χ1) is 17.3. The number of halogens is 1. The normalized spacial score (nSPS) is 13.2. The Morgan fingerprint density at radius 1 is 1.14 bits per heavy atom. The topological polar surface area (TPSA) is 76.0 Å². The van der Waals surface area contributed by atoms with E-state index < -0.39 is 18.2 Å². The SMILES string of the molecule is CCOC(=O)CC(O)CC(O)/C=C/c1c(-c2ccc(F)cc2)cc(OCc2ccsc2)cc1C(C)C. The number of thiophene rings is 1. The van der Waals surface area contributed by atoms with Crippen LogP contribution in [0.15, 0.2) is 59.3 Å². The lowest BCUT2D eigenvalue weighted by molar-refractivity contribution is -0.145. The summed E-state index contributed by atoms with van der Waals surface area (Å²) in [5, 5.41) is 24.7. The van der Waals surface area contributed by atoms with Crippen LogP contribution in [0.2, 0.25) is 0 Å². The van der Waals surface area contributed by atoms with Crippen molar-refractivity contribution in [3.63, 3.8) is 0 Å². The molecule has 0 saturated heterocycles. The fourth-order valence-corrected chi connectivity index (χ4v) is 4.52. The van der Waals surface area contributed by atoms with Gasteiger partial charge >= 0.3 is 5.97 Å². The van der Waals surface area contributed by atoms with E-state index in [1.165, 1.54) is 12.1 Å². The van der Waals surface area contributed by atoms with Crippen molar-refractivity contribution in [3.05, 3.63) is 81.8 Å². The van der Waals surface area contributed by atoms with E-state index in [1.54, 1.807) is 36.5 Å². The maximum atomic E-state index is 13.7. The van der Waals surface area contributed by atoms with E-state index >= 15 is 0 Å². The quantitative estimate of drug-likeness (QED) is 0.277. The van der Waals surface area contributed by atoms with Crippen LogP contribution in [0.5, 0.6) is 5.75 Å². The maximum Gasteiger partial charge on any atom is 0.308 e. The molecule has 1 heterocycles. The van der Waals surface area contributed by atoms with Crippen molar-refractivity contribution >= 4 is 23.4 Å². The van der Waals surface area contributed by atoms with Gasteiger partial charge in [0.1, 0.15) is 18.2 Å². The average molecular weight is 513 g/mol. The lowest BCUT2D eigenvalue weighted by Gasteiger charge is -2.19. The van der Waals surface area contributed by atoms with E-state index in [1.807, 2.05) is 35.0 Å². The molecule has 5 nitrogen and oxygen atoms in total. The number of ether oxygens (including phenoxy) is 2. The Morgan fingerprint density at radius 2 is 1.89 bits per heavy atom. The summed E-state index contributed by atoms with van der Waals surface area (Å²) in [7, 11) is 0. The molecule has 192 valence electrons. The predicted molar refractivity (Wildman–Crippen MR) is 141 cm³/mol. The molecule has 36 heavy (non-hydrogen) atoms. The number of rotatable bonds is 12.